The molecule has 3 rings (SSSR count). The van der Waals surface area contributed by atoms with Gasteiger partial charge >= 0.3 is 0 Å². The van der Waals surface area contributed by atoms with Gasteiger partial charge in [-0.1, -0.05) is 32.4 Å². The molecule has 2 amide bonds. The summed E-state index contributed by atoms with van der Waals surface area (Å²) in [5.41, 5.74) is 2.37. The van der Waals surface area contributed by atoms with Crippen LogP contribution in [0.5, 0.6) is 0 Å². The van der Waals surface area contributed by atoms with Gasteiger partial charge in [0.05, 0.1) is 35.4 Å². The van der Waals surface area contributed by atoms with Gasteiger partial charge in [-0.05, 0) is 31.2 Å². The third kappa shape index (κ3) is 5.21. The van der Waals surface area contributed by atoms with Gasteiger partial charge in [0.15, 0.2) is 5.13 Å². The zero-order valence-corrected chi connectivity index (χ0v) is 18.2. The molecule has 0 spiro atoms. The predicted octanol–water partition coefficient (Wildman–Crippen LogP) is 4.46. The fourth-order valence-electron chi connectivity index (χ4n) is 2.46. The van der Waals surface area contributed by atoms with Crippen LogP contribution in [-0.2, 0) is 16.0 Å². The Morgan fingerprint density at radius 2 is 1.86 bits per heavy atom. The Morgan fingerprint density at radius 3 is 2.52 bits per heavy atom. The second-order valence-corrected chi connectivity index (χ2v) is 8.90. The molecule has 152 valence electrons. The second-order valence-electron chi connectivity index (χ2n) is 7.60. The molecule has 0 saturated carbocycles. The molecule has 0 atom stereocenters. The quantitative estimate of drug-likeness (QED) is 0.624. The normalized spacial score (nSPS) is 11.3. The molecule has 0 radical (unpaired) electrons. The number of nitrogens with zero attached hydrogens (tertiary/aromatic N) is 3. The summed E-state index contributed by atoms with van der Waals surface area (Å²) in [4.78, 5) is 28.8. The van der Waals surface area contributed by atoms with Crippen molar-refractivity contribution in [3.05, 3.63) is 52.3 Å². The summed E-state index contributed by atoms with van der Waals surface area (Å²) in [6, 6.07) is 7.29. The molecule has 2 heterocycles. The molecule has 0 fully saturated rings. The SMILES string of the molecule is Cc1c(NC(=O)Cc2csc(NC(=O)C(C)(C)C)n2)cnn1-c1ccc(Cl)cc1. The van der Waals surface area contributed by atoms with Gasteiger partial charge in [0.1, 0.15) is 0 Å². The van der Waals surface area contributed by atoms with Crippen LogP contribution in [0.3, 0.4) is 0 Å². The van der Waals surface area contributed by atoms with Crippen LogP contribution >= 0.6 is 22.9 Å². The van der Waals surface area contributed by atoms with E-state index >= 15 is 0 Å². The van der Waals surface area contributed by atoms with Gasteiger partial charge in [0, 0.05) is 15.8 Å². The number of hydrogen-bond acceptors (Lipinski definition) is 5. The number of rotatable bonds is 5. The Labute approximate surface area is 178 Å². The van der Waals surface area contributed by atoms with Crippen LogP contribution in [0.2, 0.25) is 5.02 Å². The first-order valence-electron chi connectivity index (χ1n) is 9.00. The molecule has 2 N–H and O–H groups in total. The van der Waals surface area contributed by atoms with E-state index in [0.717, 1.165) is 11.4 Å². The molecule has 3 aromatic rings. The van der Waals surface area contributed by atoms with Crippen LogP contribution in [0.1, 0.15) is 32.2 Å². The average Bonchev–Trinajstić information content (AvgIpc) is 3.22. The molecule has 7 nitrogen and oxygen atoms in total. The highest BCUT2D eigenvalue weighted by atomic mass is 35.5. The number of carbonyl (C=O) groups is 2. The number of benzene rings is 1. The van der Waals surface area contributed by atoms with E-state index < -0.39 is 5.41 Å². The number of halogens is 1. The minimum Gasteiger partial charge on any atom is -0.323 e. The van der Waals surface area contributed by atoms with Crippen molar-refractivity contribution in [1.82, 2.24) is 14.8 Å². The van der Waals surface area contributed by atoms with E-state index in [1.807, 2.05) is 39.8 Å². The Kier molecular flexibility index (Phi) is 6.04. The maximum absolute atomic E-state index is 12.4. The Bertz CT molecular complexity index is 1030. The summed E-state index contributed by atoms with van der Waals surface area (Å²) in [7, 11) is 0. The van der Waals surface area contributed by atoms with Crippen molar-refractivity contribution in [3.63, 3.8) is 0 Å². The summed E-state index contributed by atoms with van der Waals surface area (Å²) >= 11 is 7.22. The van der Waals surface area contributed by atoms with Crippen molar-refractivity contribution < 1.29 is 9.59 Å². The largest absolute Gasteiger partial charge is 0.323 e. The molecular weight excluding hydrogens is 410 g/mol. The van der Waals surface area contributed by atoms with Gasteiger partial charge in [-0.3, -0.25) is 9.59 Å². The molecule has 0 aliphatic carbocycles. The highest BCUT2D eigenvalue weighted by molar-refractivity contribution is 7.13. The van der Waals surface area contributed by atoms with E-state index in [2.05, 4.69) is 20.7 Å². The Hall–Kier alpha value is -2.71. The highest BCUT2D eigenvalue weighted by Gasteiger charge is 2.22. The van der Waals surface area contributed by atoms with Crippen molar-refractivity contribution >= 4 is 45.6 Å². The lowest BCUT2D eigenvalue weighted by molar-refractivity contribution is -0.123. The third-order valence-electron chi connectivity index (χ3n) is 4.15. The average molecular weight is 432 g/mol. The van der Waals surface area contributed by atoms with Crippen molar-refractivity contribution in [1.29, 1.82) is 0 Å². The van der Waals surface area contributed by atoms with Crippen LogP contribution in [0.25, 0.3) is 5.69 Å². The number of anilines is 2. The van der Waals surface area contributed by atoms with Gasteiger partial charge in [-0.2, -0.15) is 5.10 Å². The third-order valence-corrected chi connectivity index (χ3v) is 5.21. The lowest BCUT2D eigenvalue weighted by atomic mass is 9.96. The van der Waals surface area contributed by atoms with Crippen molar-refractivity contribution in [2.24, 2.45) is 5.41 Å². The first-order valence-corrected chi connectivity index (χ1v) is 10.3. The first-order chi connectivity index (χ1) is 13.6. The summed E-state index contributed by atoms with van der Waals surface area (Å²) in [5, 5.41) is 12.9. The van der Waals surface area contributed by atoms with E-state index in [9.17, 15) is 9.59 Å². The van der Waals surface area contributed by atoms with Gasteiger partial charge in [0.25, 0.3) is 0 Å². The zero-order chi connectivity index (χ0) is 21.2. The zero-order valence-electron chi connectivity index (χ0n) is 16.6. The van der Waals surface area contributed by atoms with Crippen LogP contribution < -0.4 is 10.6 Å². The molecule has 0 aliphatic heterocycles. The fraction of sp³-hybridized carbons (Fsp3) is 0.300. The van der Waals surface area contributed by atoms with Crippen LogP contribution in [-0.4, -0.2) is 26.6 Å². The Morgan fingerprint density at radius 1 is 1.17 bits per heavy atom. The van der Waals surface area contributed by atoms with Crippen molar-refractivity contribution in [3.8, 4) is 5.69 Å². The molecular formula is C20H22ClN5O2S. The summed E-state index contributed by atoms with van der Waals surface area (Å²) in [6.45, 7) is 7.37. The summed E-state index contributed by atoms with van der Waals surface area (Å²) < 4.78 is 1.73. The fourth-order valence-corrected chi connectivity index (χ4v) is 3.30. The lowest BCUT2D eigenvalue weighted by Crippen LogP contribution is -2.27. The van der Waals surface area contributed by atoms with E-state index in [0.29, 0.717) is 21.5 Å². The molecule has 29 heavy (non-hydrogen) atoms. The maximum atomic E-state index is 12.4. The van der Waals surface area contributed by atoms with E-state index in [1.165, 1.54) is 11.3 Å². The Balaban J connectivity index is 1.63. The number of nitrogens with one attached hydrogen (secondary N) is 2. The lowest BCUT2D eigenvalue weighted by Gasteiger charge is -2.15. The molecule has 2 aromatic heterocycles. The van der Waals surface area contributed by atoms with Crippen LogP contribution in [0.15, 0.2) is 35.8 Å². The van der Waals surface area contributed by atoms with Gasteiger partial charge in [-0.15, -0.1) is 11.3 Å². The molecule has 0 saturated heterocycles. The van der Waals surface area contributed by atoms with Gasteiger partial charge < -0.3 is 10.6 Å². The van der Waals surface area contributed by atoms with Crippen LogP contribution in [0, 0.1) is 12.3 Å². The molecule has 0 bridgehead atoms. The maximum Gasteiger partial charge on any atom is 0.231 e. The van der Waals surface area contributed by atoms with E-state index in [-0.39, 0.29) is 18.2 Å². The van der Waals surface area contributed by atoms with Gasteiger partial charge in [0.2, 0.25) is 11.8 Å². The molecule has 0 unspecified atom stereocenters. The van der Waals surface area contributed by atoms with Crippen molar-refractivity contribution in [2.75, 3.05) is 10.6 Å². The minimum absolute atomic E-state index is 0.105. The minimum atomic E-state index is -0.509. The molecule has 9 heteroatoms. The monoisotopic (exact) mass is 431 g/mol. The number of carbonyl (C=O) groups excluding carboxylic acids is 2. The van der Waals surface area contributed by atoms with Crippen LogP contribution in [0.4, 0.5) is 10.8 Å². The van der Waals surface area contributed by atoms with E-state index in [4.69, 9.17) is 11.6 Å². The second kappa shape index (κ2) is 8.34. The standard InChI is InChI=1S/C20H22ClN5O2S/c1-12-16(10-22-26(12)15-7-5-13(21)6-8-15)24-17(27)9-14-11-29-19(23-14)25-18(28)20(2,3)4/h5-8,10-11H,9H2,1-4H3,(H,24,27)(H,23,25,28). The molecule has 0 aliphatic rings. The smallest absolute Gasteiger partial charge is 0.231 e. The number of thiazole rings is 1. The summed E-state index contributed by atoms with van der Waals surface area (Å²) in [5.74, 6) is -0.323. The van der Waals surface area contributed by atoms with Crippen molar-refractivity contribution in [2.45, 2.75) is 34.1 Å². The summed E-state index contributed by atoms with van der Waals surface area (Å²) in [6.07, 6.45) is 1.71. The molecule has 1 aromatic carbocycles. The number of hydrogen-bond donors (Lipinski definition) is 2. The van der Waals surface area contributed by atoms with E-state index in [1.54, 1.807) is 28.4 Å². The highest BCUT2D eigenvalue weighted by Crippen LogP contribution is 2.22. The topological polar surface area (TPSA) is 88.9 Å². The number of aromatic nitrogens is 3. The van der Waals surface area contributed by atoms with Gasteiger partial charge in [-0.25, -0.2) is 9.67 Å². The predicted molar refractivity (Wildman–Crippen MR) is 116 cm³/mol. The first kappa shape index (κ1) is 21.0. The number of amides is 2.